The van der Waals surface area contributed by atoms with Crippen molar-refractivity contribution in [2.75, 3.05) is 13.2 Å². The zero-order valence-corrected chi connectivity index (χ0v) is 8.51. The number of hydrogen-bond acceptors (Lipinski definition) is 4. The minimum absolute atomic E-state index is 0.0209. The van der Waals surface area contributed by atoms with Crippen molar-refractivity contribution in [2.24, 2.45) is 4.99 Å². The second-order valence-corrected chi connectivity index (χ2v) is 3.07. The summed E-state index contributed by atoms with van der Waals surface area (Å²) in [4.78, 5) is 13.2. The maximum atomic E-state index is 12.9. The normalized spacial score (nSPS) is 11.8. The highest BCUT2D eigenvalue weighted by Gasteiger charge is 2.07. The number of nitro groups is 1. The van der Waals surface area contributed by atoms with Crippen LogP contribution in [0.4, 0.5) is 10.1 Å². The predicted molar refractivity (Wildman–Crippen MR) is 57.9 cm³/mol. The van der Waals surface area contributed by atoms with Gasteiger partial charge in [-0.3, -0.25) is 15.1 Å². The molecule has 0 unspecified atom stereocenters. The molecule has 0 spiro atoms. The van der Waals surface area contributed by atoms with E-state index in [4.69, 9.17) is 4.74 Å². The standard InChI is InChI=1S/C10H11FN2O3/c1-12-6-8(11)7-16-10-4-2-9(3-5-10)13(14)15/h2-5,8H,1,6-7H2/t8-/m1/s1. The van der Waals surface area contributed by atoms with Gasteiger partial charge in [-0.25, -0.2) is 4.39 Å². The van der Waals surface area contributed by atoms with Crippen molar-refractivity contribution in [3.63, 3.8) is 0 Å². The van der Waals surface area contributed by atoms with Gasteiger partial charge in [-0.1, -0.05) is 0 Å². The van der Waals surface area contributed by atoms with Crippen LogP contribution in [0.5, 0.6) is 5.75 Å². The van der Waals surface area contributed by atoms with Gasteiger partial charge in [0.1, 0.15) is 12.4 Å². The van der Waals surface area contributed by atoms with E-state index in [1.807, 2.05) is 0 Å². The molecule has 0 N–H and O–H groups in total. The fourth-order valence-electron chi connectivity index (χ4n) is 1.04. The van der Waals surface area contributed by atoms with E-state index in [1.54, 1.807) is 0 Å². The van der Waals surface area contributed by atoms with E-state index in [1.165, 1.54) is 24.3 Å². The van der Waals surface area contributed by atoms with Gasteiger partial charge in [0.25, 0.3) is 5.69 Å². The lowest BCUT2D eigenvalue weighted by atomic mass is 10.3. The molecule has 5 nitrogen and oxygen atoms in total. The van der Waals surface area contributed by atoms with Crippen LogP contribution in [0.1, 0.15) is 0 Å². The third kappa shape index (κ3) is 3.64. The Balaban J connectivity index is 2.49. The van der Waals surface area contributed by atoms with Crippen LogP contribution in [0, 0.1) is 10.1 Å². The lowest BCUT2D eigenvalue weighted by Crippen LogP contribution is -2.15. The molecule has 1 aromatic carbocycles. The van der Waals surface area contributed by atoms with Crippen LogP contribution < -0.4 is 4.74 Å². The molecule has 1 atom stereocenters. The molecule has 0 aliphatic carbocycles. The van der Waals surface area contributed by atoms with Crippen molar-refractivity contribution >= 4 is 12.4 Å². The SMILES string of the molecule is C=NC[C@@H](F)COc1ccc([N+](=O)[O-])cc1. The van der Waals surface area contributed by atoms with E-state index in [9.17, 15) is 14.5 Å². The average Bonchev–Trinajstić information content (AvgIpc) is 2.27. The summed E-state index contributed by atoms with van der Waals surface area (Å²) in [5, 5.41) is 10.3. The van der Waals surface area contributed by atoms with Crippen molar-refractivity contribution < 1.29 is 14.1 Å². The van der Waals surface area contributed by atoms with Crippen LogP contribution in [0.15, 0.2) is 29.3 Å². The van der Waals surface area contributed by atoms with E-state index in [0.29, 0.717) is 5.75 Å². The molecule has 0 aliphatic rings. The molecule has 1 aromatic rings. The number of halogens is 1. The second kappa shape index (κ2) is 5.79. The number of non-ortho nitro benzene ring substituents is 1. The van der Waals surface area contributed by atoms with Gasteiger partial charge in [0.2, 0.25) is 0 Å². The number of rotatable bonds is 6. The van der Waals surface area contributed by atoms with E-state index < -0.39 is 11.1 Å². The summed E-state index contributed by atoms with van der Waals surface area (Å²) in [5.41, 5.74) is -0.0306. The van der Waals surface area contributed by atoms with Gasteiger partial charge in [-0.05, 0) is 18.9 Å². The average molecular weight is 226 g/mol. The lowest BCUT2D eigenvalue weighted by molar-refractivity contribution is -0.384. The first kappa shape index (κ1) is 12.1. The third-order valence-electron chi connectivity index (χ3n) is 1.81. The summed E-state index contributed by atoms with van der Waals surface area (Å²) in [5.74, 6) is 0.386. The van der Waals surface area contributed by atoms with Gasteiger partial charge in [-0.2, -0.15) is 0 Å². The number of alkyl halides is 1. The lowest BCUT2D eigenvalue weighted by Gasteiger charge is -2.07. The highest BCUT2D eigenvalue weighted by atomic mass is 19.1. The molecule has 0 bridgehead atoms. The van der Waals surface area contributed by atoms with Gasteiger partial charge in [0, 0.05) is 12.1 Å². The maximum Gasteiger partial charge on any atom is 0.269 e. The van der Waals surface area contributed by atoms with Gasteiger partial charge in [0.15, 0.2) is 6.17 Å². The summed E-state index contributed by atoms with van der Waals surface area (Å²) in [6, 6.07) is 5.45. The molecule has 0 saturated heterocycles. The maximum absolute atomic E-state index is 12.9. The first-order chi connectivity index (χ1) is 7.63. The molecule has 0 aliphatic heterocycles. The molecular formula is C10H11FN2O3. The summed E-state index contributed by atoms with van der Waals surface area (Å²) < 4.78 is 18.0. The smallest absolute Gasteiger partial charge is 0.269 e. The monoisotopic (exact) mass is 226 g/mol. The topological polar surface area (TPSA) is 64.7 Å². The fourth-order valence-corrected chi connectivity index (χ4v) is 1.04. The Kier molecular flexibility index (Phi) is 4.38. The number of aliphatic imine (C=N–C) groups is 1. The van der Waals surface area contributed by atoms with Gasteiger partial charge in [0.05, 0.1) is 11.5 Å². The minimum Gasteiger partial charge on any atom is -0.490 e. The molecule has 0 aromatic heterocycles. The summed E-state index contributed by atoms with van der Waals surface area (Å²) in [7, 11) is 0. The Labute approximate surface area is 91.7 Å². The number of nitro benzene ring substituents is 1. The van der Waals surface area contributed by atoms with Crippen molar-refractivity contribution in [2.45, 2.75) is 6.17 Å². The van der Waals surface area contributed by atoms with E-state index >= 15 is 0 Å². The second-order valence-electron chi connectivity index (χ2n) is 3.07. The van der Waals surface area contributed by atoms with Crippen LogP contribution >= 0.6 is 0 Å². The Morgan fingerprint density at radius 2 is 2.12 bits per heavy atom. The molecule has 6 heteroatoms. The Bertz CT molecular complexity index is 367. The first-order valence-electron chi connectivity index (χ1n) is 4.57. The molecular weight excluding hydrogens is 215 g/mol. The minimum atomic E-state index is -1.22. The van der Waals surface area contributed by atoms with Gasteiger partial charge >= 0.3 is 0 Å². The predicted octanol–water partition coefficient (Wildman–Crippen LogP) is 2.01. The molecule has 0 fully saturated rings. The van der Waals surface area contributed by atoms with E-state index in [2.05, 4.69) is 11.7 Å². The fraction of sp³-hybridized carbons (Fsp3) is 0.300. The zero-order valence-electron chi connectivity index (χ0n) is 8.51. The van der Waals surface area contributed by atoms with Crippen LogP contribution in [0.2, 0.25) is 0 Å². The van der Waals surface area contributed by atoms with Crippen LogP contribution in [0.25, 0.3) is 0 Å². The highest BCUT2D eigenvalue weighted by Crippen LogP contribution is 2.17. The number of benzene rings is 1. The van der Waals surface area contributed by atoms with Crippen LogP contribution in [-0.2, 0) is 0 Å². The van der Waals surface area contributed by atoms with Gasteiger partial charge in [-0.15, -0.1) is 0 Å². The Hall–Kier alpha value is -1.98. The first-order valence-corrected chi connectivity index (χ1v) is 4.57. The molecule has 0 heterocycles. The largest absolute Gasteiger partial charge is 0.490 e. The number of hydrogen-bond donors (Lipinski definition) is 0. The summed E-state index contributed by atoms with van der Waals surface area (Å²) >= 11 is 0. The number of ether oxygens (including phenoxy) is 1. The third-order valence-corrected chi connectivity index (χ3v) is 1.81. The van der Waals surface area contributed by atoms with Crippen LogP contribution in [0.3, 0.4) is 0 Å². The zero-order chi connectivity index (χ0) is 12.0. The van der Waals surface area contributed by atoms with Crippen molar-refractivity contribution in [1.29, 1.82) is 0 Å². The molecule has 86 valence electrons. The van der Waals surface area contributed by atoms with Crippen LogP contribution in [-0.4, -0.2) is 31.0 Å². The van der Waals surface area contributed by atoms with Crippen molar-refractivity contribution in [3.8, 4) is 5.75 Å². The Morgan fingerprint density at radius 1 is 1.50 bits per heavy atom. The molecule has 0 radical (unpaired) electrons. The van der Waals surface area contributed by atoms with Crippen molar-refractivity contribution in [1.82, 2.24) is 0 Å². The molecule has 1 rings (SSSR count). The van der Waals surface area contributed by atoms with Crippen molar-refractivity contribution in [3.05, 3.63) is 34.4 Å². The molecule has 16 heavy (non-hydrogen) atoms. The quantitative estimate of drug-likeness (QED) is 0.423. The summed E-state index contributed by atoms with van der Waals surface area (Å²) in [6.07, 6.45) is -1.22. The van der Waals surface area contributed by atoms with E-state index in [0.717, 1.165) is 0 Å². The van der Waals surface area contributed by atoms with Gasteiger partial charge < -0.3 is 4.74 Å². The molecule has 0 saturated carbocycles. The summed E-state index contributed by atoms with van der Waals surface area (Å²) in [6.45, 7) is 3.00. The highest BCUT2D eigenvalue weighted by molar-refractivity contribution is 5.35. The Morgan fingerprint density at radius 3 is 2.62 bits per heavy atom. The molecule has 0 amide bonds. The van der Waals surface area contributed by atoms with E-state index in [-0.39, 0.29) is 18.8 Å². The number of nitrogens with zero attached hydrogens (tertiary/aromatic N) is 2.